The molecule has 1 atom stereocenters. The molecule has 1 fully saturated rings. The van der Waals surface area contributed by atoms with Gasteiger partial charge in [-0.25, -0.2) is 0 Å². The van der Waals surface area contributed by atoms with E-state index in [2.05, 4.69) is 19.1 Å². The Labute approximate surface area is 122 Å². The number of aryl methyl sites for hydroxylation is 2. The van der Waals surface area contributed by atoms with Crippen molar-refractivity contribution >= 4 is 0 Å². The number of hydrogen-bond donors (Lipinski definition) is 2. The molecular weight excluding hydrogens is 250 g/mol. The lowest BCUT2D eigenvalue weighted by atomic mass is 10.1. The summed E-state index contributed by atoms with van der Waals surface area (Å²) < 4.78 is 5.79. The highest BCUT2D eigenvalue weighted by molar-refractivity contribution is 5.35. The molecule has 2 N–H and O–H groups in total. The molecule has 3 nitrogen and oxygen atoms in total. The second-order valence-corrected chi connectivity index (χ2v) is 6.10. The first-order chi connectivity index (χ1) is 9.65. The van der Waals surface area contributed by atoms with Gasteiger partial charge in [-0.15, -0.1) is 0 Å². The fourth-order valence-corrected chi connectivity index (χ4v) is 2.87. The Morgan fingerprint density at radius 2 is 1.85 bits per heavy atom. The zero-order valence-corrected chi connectivity index (χ0v) is 12.8. The van der Waals surface area contributed by atoms with E-state index in [0.717, 1.165) is 17.9 Å². The van der Waals surface area contributed by atoms with Gasteiger partial charge in [0, 0.05) is 0 Å². The monoisotopic (exact) mass is 278 g/mol. The van der Waals surface area contributed by atoms with Gasteiger partial charge in [-0.1, -0.05) is 12.1 Å². The van der Waals surface area contributed by atoms with Gasteiger partial charge >= 0.3 is 0 Å². The highest BCUT2D eigenvalue weighted by Crippen LogP contribution is 2.19. The van der Waals surface area contributed by atoms with E-state index < -0.39 is 0 Å². The standard InChI is InChI=1S/C17H27NO2/c1-14-7-8-15(2)17(11-14)20-13-16(19)12-18-9-5-3-4-6-10-18/h7-8,11,16,19H,3-6,9-10,12-13H2,1-2H3/p+1/t16-/m0/s1. The molecule has 0 radical (unpaired) electrons. The minimum atomic E-state index is -0.372. The summed E-state index contributed by atoms with van der Waals surface area (Å²) in [6, 6.07) is 6.19. The zero-order valence-electron chi connectivity index (χ0n) is 12.8. The van der Waals surface area contributed by atoms with E-state index in [9.17, 15) is 5.11 Å². The number of likely N-dealkylation sites (tertiary alicyclic amines) is 1. The maximum Gasteiger partial charge on any atom is 0.137 e. The molecule has 0 amide bonds. The molecule has 1 aromatic rings. The molecule has 2 rings (SSSR count). The molecule has 1 aliphatic rings. The maximum atomic E-state index is 10.2. The molecule has 0 bridgehead atoms. The van der Waals surface area contributed by atoms with Crippen LogP contribution in [0.4, 0.5) is 0 Å². The Morgan fingerprint density at radius 1 is 1.15 bits per heavy atom. The number of aliphatic hydroxyl groups excluding tert-OH is 1. The quantitative estimate of drug-likeness (QED) is 0.856. The summed E-state index contributed by atoms with van der Waals surface area (Å²) >= 11 is 0. The SMILES string of the molecule is Cc1ccc(C)c(OC[C@@H](O)C[NH+]2CCCCCC2)c1. The first-order valence-electron chi connectivity index (χ1n) is 7.87. The molecular formula is C17H28NO2+. The van der Waals surface area contributed by atoms with Crippen LogP contribution in [-0.2, 0) is 0 Å². The number of hydrogen-bond acceptors (Lipinski definition) is 2. The Bertz CT molecular complexity index is 411. The van der Waals surface area contributed by atoms with Crippen LogP contribution in [0.2, 0.25) is 0 Å². The molecule has 0 unspecified atom stereocenters. The van der Waals surface area contributed by atoms with E-state index in [1.165, 1.54) is 49.2 Å². The van der Waals surface area contributed by atoms with Crippen LogP contribution in [0.5, 0.6) is 5.75 Å². The van der Waals surface area contributed by atoms with Crippen molar-refractivity contribution in [3.8, 4) is 5.75 Å². The van der Waals surface area contributed by atoms with Gasteiger partial charge in [0.05, 0.1) is 13.1 Å². The summed E-state index contributed by atoms with van der Waals surface area (Å²) in [5, 5.41) is 10.2. The Morgan fingerprint density at radius 3 is 2.55 bits per heavy atom. The van der Waals surface area contributed by atoms with Gasteiger partial charge < -0.3 is 14.7 Å². The molecule has 1 heterocycles. The van der Waals surface area contributed by atoms with E-state index in [1.54, 1.807) is 0 Å². The summed E-state index contributed by atoms with van der Waals surface area (Å²) in [4.78, 5) is 1.53. The number of quaternary nitrogens is 1. The Hall–Kier alpha value is -1.06. The molecule has 1 aliphatic heterocycles. The first kappa shape index (κ1) is 15.3. The van der Waals surface area contributed by atoms with Crippen molar-refractivity contribution in [3.63, 3.8) is 0 Å². The maximum absolute atomic E-state index is 10.2. The predicted octanol–water partition coefficient (Wildman–Crippen LogP) is 1.50. The van der Waals surface area contributed by atoms with Crippen LogP contribution in [0.3, 0.4) is 0 Å². The third kappa shape index (κ3) is 4.80. The van der Waals surface area contributed by atoms with Crippen LogP contribution in [0.25, 0.3) is 0 Å². The molecule has 1 saturated heterocycles. The summed E-state index contributed by atoms with van der Waals surface area (Å²) in [7, 11) is 0. The van der Waals surface area contributed by atoms with Gasteiger partial charge in [-0.05, 0) is 56.7 Å². The second-order valence-electron chi connectivity index (χ2n) is 6.10. The van der Waals surface area contributed by atoms with Crippen molar-refractivity contribution in [2.75, 3.05) is 26.2 Å². The number of nitrogens with one attached hydrogen (secondary N) is 1. The largest absolute Gasteiger partial charge is 0.490 e. The van der Waals surface area contributed by atoms with Crippen molar-refractivity contribution in [2.45, 2.75) is 45.6 Å². The Balaban J connectivity index is 1.79. The van der Waals surface area contributed by atoms with Crippen LogP contribution < -0.4 is 9.64 Å². The highest BCUT2D eigenvalue weighted by atomic mass is 16.5. The molecule has 0 aliphatic carbocycles. The van der Waals surface area contributed by atoms with Crippen LogP contribution >= 0.6 is 0 Å². The number of rotatable bonds is 5. The molecule has 1 aromatic carbocycles. The second kappa shape index (κ2) is 7.65. The molecule has 0 spiro atoms. The fourth-order valence-electron chi connectivity index (χ4n) is 2.87. The van der Waals surface area contributed by atoms with E-state index in [-0.39, 0.29) is 6.10 Å². The average molecular weight is 278 g/mol. The highest BCUT2D eigenvalue weighted by Gasteiger charge is 2.17. The molecule has 0 saturated carbocycles. The van der Waals surface area contributed by atoms with Gasteiger partial charge in [0.1, 0.15) is 25.0 Å². The minimum absolute atomic E-state index is 0.372. The van der Waals surface area contributed by atoms with Gasteiger partial charge in [-0.2, -0.15) is 0 Å². The lowest BCUT2D eigenvalue weighted by molar-refractivity contribution is -0.902. The molecule has 0 aromatic heterocycles. The van der Waals surface area contributed by atoms with Crippen molar-refractivity contribution in [2.24, 2.45) is 0 Å². The summed E-state index contributed by atoms with van der Waals surface area (Å²) in [5.41, 5.74) is 2.32. The third-order valence-electron chi connectivity index (χ3n) is 4.11. The summed E-state index contributed by atoms with van der Waals surface area (Å²) in [6.07, 6.45) is 4.90. The average Bonchev–Trinajstić information content (AvgIpc) is 2.68. The van der Waals surface area contributed by atoms with Gasteiger partial charge in [0.2, 0.25) is 0 Å². The van der Waals surface area contributed by atoms with Crippen LogP contribution in [0.1, 0.15) is 36.8 Å². The van der Waals surface area contributed by atoms with E-state index in [1.807, 2.05) is 13.0 Å². The van der Waals surface area contributed by atoms with Gasteiger partial charge in [0.15, 0.2) is 0 Å². The van der Waals surface area contributed by atoms with Crippen LogP contribution in [0.15, 0.2) is 18.2 Å². The molecule has 3 heteroatoms. The van der Waals surface area contributed by atoms with Gasteiger partial charge in [0.25, 0.3) is 0 Å². The molecule has 112 valence electrons. The smallest absolute Gasteiger partial charge is 0.137 e. The van der Waals surface area contributed by atoms with Crippen LogP contribution in [-0.4, -0.2) is 37.5 Å². The van der Waals surface area contributed by atoms with Crippen LogP contribution in [0, 0.1) is 13.8 Å². The minimum Gasteiger partial charge on any atom is -0.490 e. The van der Waals surface area contributed by atoms with Crippen molar-refractivity contribution in [1.82, 2.24) is 0 Å². The number of benzene rings is 1. The summed E-state index contributed by atoms with van der Waals surface area (Å²) in [5.74, 6) is 0.898. The lowest BCUT2D eigenvalue weighted by Crippen LogP contribution is -3.13. The van der Waals surface area contributed by atoms with Crippen molar-refractivity contribution < 1.29 is 14.7 Å². The van der Waals surface area contributed by atoms with E-state index >= 15 is 0 Å². The van der Waals surface area contributed by atoms with Crippen molar-refractivity contribution in [1.29, 1.82) is 0 Å². The van der Waals surface area contributed by atoms with E-state index in [0.29, 0.717) is 6.61 Å². The lowest BCUT2D eigenvalue weighted by Gasteiger charge is -2.21. The first-order valence-corrected chi connectivity index (χ1v) is 7.87. The fraction of sp³-hybridized carbons (Fsp3) is 0.647. The summed E-state index contributed by atoms with van der Waals surface area (Å²) in [6.45, 7) is 7.70. The number of ether oxygens (including phenoxy) is 1. The van der Waals surface area contributed by atoms with Gasteiger partial charge in [-0.3, -0.25) is 0 Å². The normalized spacial score (nSPS) is 18.6. The predicted molar refractivity (Wildman–Crippen MR) is 81.4 cm³/mol. The molecule has 20 heavy (non-hydrogen) atoms. The zero-order chi connectivity index (χ0) is 14.4. The Kier molecular flexibility index (Phi) is 5.86. The van der Waals surface area contributed by atoms with E-state index in [4.69, 9.17) is 4.74 Å². The van der Waals surface area contributed by atoms with Crippen molar-refractivity contribution in [3.05, 3.63) is 29.3 Å². The number of aliphatic hydroxyl groups is 1. The third-order valence-corrected chi connectivity index (χ3v) is 4.11. The topological polar surface area (TPSA) is 33.9 Å².